The van der Waals surface area contributed by atoms with E-state index in [1.165, 1.54) is 0 Å². The van der Waals surface area contributed by atoms with Crippen LogP contribution in [0.3, 0.4) is 0 Å². The number of rotatable bonds is 1. The molecule has 1 fully saturated rings. The molecule has 0 radical (unpaired) electrons. The number of carbonyl (C=O) groups is 1. The van der Waals surface area contributed by atoms with Crippen LogP contribution in [-0.2, 0) is 4.79 Å². The van der Waals surface area contributed by atoms with E-state index in [4.69, 9.17) is 0 Å². The Morgan fingerprint density at radius 3 is 2.27 bits per heavy atom. The lowest BCUT2D eigenvalue weighted by Gasteiger charge is -2.17. The Hall–Kier alpha value is -0.450. The molecule has 1 rings (SSSR count). The van der Waals surface area contributed by atoms with Gasteiger partial charge in [-0.2, -0.15) is 0 Å². The topological polar surface area (TPSA) is 53.2 Å². The van der Waals surface area contributed by atoms with E-state index in [9.17, 15) is 4.79 Å². The molecule has 88 valence electrons. The van der Waals surface area contributed by atoms with Crippen LogP contribution in [0.1, 0.15) is 26.2 Å². The van der Waals surface area contributed by atoms with Crippen molar-refractivity contribution in [2.45, 2.75) is 32.2 Å². The summed E-state index contributed by atoms with van der Waals surface area (Å²) in [5, 5.41) is 10.0. The second-order valence-electron chi connectivity index (χ2n) is 4.11. The first kappa shape index (κ1) is 12.6. The van der Waals surface area contributed by atoms with Crippen molar-refractivity contribution in [2.75, 3.05) is 32.7 Å². The molecule has 0 spiro atoms. The fourth-order valence-electron chi connectivity index (χ4n) is 1.77. The second-order valence-corrected chi connectivity index (χ2v) is 4.11. The van der Waals surface area contributed by atoms with E-state index in [1.54, 1.807) is 6.92 Å². The van der Waals surface area contributed by atoms with Gasteiger partial charge in [-0.15, -0.1) is 0 Å². The molecule has 15 heavy (non-hydrogen) atoms. The van der Waals surface area contributed by atoms with Gasteiger partial charge in [-0.05, 0) is 58.9 Å². The molecule has 1 saturated heterocycles. The Bertz CT molecular complexity index is 173. The smallest absolute Gasteiger partial charge is 0.146 e. The summed E-state index contributed by atoms with van der Waals surface area (Å²) in [4.78, 5) is 11.3. The van der Waals surface area contributed by atoms with Gasteiger partial charge in [0.1, 0.15) is 5.78 Å². The summed E-state index contributed by atoms with van der Waals surface area (Å²) in [5.41, 5.74) is 0. The van der Waals surface area contributed by atoms with E-state index in [0.717, 1.165) is 52.0 Å². The largest absolute Gasteiger partial charge is 0.317 e. The van der Waals surface area contributed by atoms with Gasteiger partial charge in [0.25, 0.3) is 0 Å². The fraction of sp³-hybridized carbons (Fsp3) is 0.909. The average molecular weight is 213 g/mol. The van der Waals surface area contributed by atoms with Crippen LogP contribution in [-0.4, -0.2) is 44.5 Å². The van der Waals surface area contributed by atoms with Crippen LogP contribution < -0.4 is 16.0 Å². The van der Waals surface area contributed by atoms with Crippen molar-refractivity contribution >= 4 is 5.78 Å². The van der Waals surface area contributed by atoms with Gasteiger partial charge < -0.3 is 16.0 Å². The molecule has 1 atom stereocenters. The minimum absolute atomic E-state index is 0.0388. The highest BCUT2D eigenvalue weighted by molar-refractivity contribution is 5.81. The van der Waals surface area contributed by atoms with Crippen LogP contribution in [0.2, 0.25) is 0 Å². The molecule has 3 N–H and O–H groups in total. The van der Waals surface area contributed by atoms with Gasteiger partial charge in [-0.25, -0.2) is 0 Å². The summed E-state index contributed by atoms with van der Waals surface area (Å²) in [5.74, 6) is 0.252. The van der Waals surface area contributed by atoms with Gasteiger partial charge in [-0.3, -0.25) is 4.79 Å². The van der Waals surface area contributed by atoms with E-state index in [1.807, 2.05) is 0 Å². The van der Waals surface area contributed by atoms with Crippen molar-refractivity contribution in [1.82, 2.24) is 16.0 Å². The lowest BCUT2D eigenvalue weighted by molar-refractivity contribution is -0.119. The van der Waals surface area contributed by atoms with E-state index in [2.05, 4.69) is 16.0 Å². The molecule has 0 aromatic rings. The molecular formula is C11H23N3O. The van der Waals surface area contributed by atoms with Crippen LogP contribution >= 0.6 is 0 Å². The summed E-state index contributed by atoms with van der Waals surface area (Å²) in [6.45, 7) is 6.69. The zero-order valence-corrected chi connectivity index (χ0v) is 9.64. The van der Waals surface area contributed by atoms with Crippen molar-refractivity contribution in [3.8, 4) is 0 Å². The Morgan fingerprint density at radius 1 is 1.00 bits per heavy atom. The highest BCUT2D eigenvalue weighted by Crippen LogP contribution is 1.94. The maximum Gasteiger partial charge on any atom is 0.146 e. The first-order valence-corrected chi connectivity index (χ1v) is 5.96. The first-order chi connectivity index (χ1) is 7.30. The maximum atomic E-state index is 11.3. The quantitative estimate of drug-likeness (QED) is 0.569. The third kappa shape index (κ3) is 5.87. The van der Waals surface area contributed by atoms with Crippen molar-refractivity contribution < 1.29 is 4.79 Å². The van der Waals surface area contributed by atoms with E-state index in [-0.39, 0.29) is 11.8 Å². The van der Waals surface area contributed by atoms with E-state index < -0.39 is 0 Å². The highest BCUT2D eigenvalue weighted by atomic mass is 16.1. The molecule has 0 bridgehead atoms. The average Bonchev–Trinajstić information content (AvgIpc) is 2.18. The zero-order valence-electron chi connectivity index (χ0n) is 9.64. The molecule has 0 amide bonds. The van der Waals surface area contributed by atoms with Gasteiger partial charge in [0.2, 0.25) is 0 Å². The predicted molar refractivity (Wildman–Crippen MR) is 62.1 cm³/mol. The summed E-state index contributed by atoms with van der Waals surface area (Å²) < 4.78 is 0. The van der Waals surface area contributed by atoms with Gasteiger partial charge in [0.15, 0.2) is 0 Å². The van der Waals surface area contributed by atoms with Gasteiger partial charge >= 0.3 is 0 Å². The predicted octanol–water partition coefficient (Wildman–Crippen LogP) is -0.103. The molecule has 1 unspecified atom stereocenters. The second kappa shape index (κ2) is 7.79. The molecule has 4 nitrogen and oxygen atoms in total. The summed E-state index contributed by atoms with van der Waals surface area (Å²) in [6, 6.07) is 0.0388. The molecular weight excluding hydrogens is 190 g/mol. The van der Waals surface area contributed by atoms with Crippen molar-refractivity contribution in [1.29, 1.82) is 0 Å². The number of Topliss-reactive ketones (excluding diaryl/α,β-unsaturated/α-hetero) is 1. The van der Waals surface area contributed by atoms with Gasteiger partial charge in [-0.1, -0.05) is 0 Å². The van der Waals surface area contributed by atoms with Crippen molar-refractivity contribution in [3.05, 3.63) is 0 Å². The summed E-state index contributed by atoms with van der Waals surface area (Å²) >= 11 is 0. The van der Waals surface area contributed by atoms with Crippen LogP contribution in [0.15, 0.2) is 0 Å². The van der Waals surface area contributed by atoms with Crippen molar-refractivity contribution in [2.24, 2.45) is 0 Å². The van der Waals surface area contributed by atoms with Crippen LogP contribution in [0.25, 0.3) is 0 Å². The molecule has 1 aliphatic rings. The lowest BCUT2D eigenvalue weighted by Crippen LogP contribution is -2.40. The Balaban J connectivity index is 2.28. The maximum absolute atomic E-state index is 11.3. The number of hydrogen-bond donors (Lipinski definition) is 3. The highest BCUT2D eigenvalue weighted by Gasteiger charge is 2.12. The normalized spacial score (nSPS) is 26.3. The SMILES string of the molecule is CC(=O)C1CCNCCCNCCCN1. The van der Waals surface area contributed by atoms with Crippen LogP contribution in [0.5, 0.6) is 0 Å². The molecule has 1 heterocycles. The zero-order chi connectivity index (χ0) is 10.9. The van der Waals surface area contributed by atoms with E-state index >= 15 is 0 Å². The number of ketones is 1. The molecule has 4 heteroatoms. The van der Waals surface area contributed by atoms with Crippen LogP contribution in [0.4, 0.5) is 0 Å². The molecule has 0 aromatic carbocycles. The third-order valence-corrected chi connectivity index (χ3v) is 2.73. The van der Waals surface area contributed by atoms with E-state index in [0.29, 0.717) is 0 Å². The summed E-state index contributed by atoms with van der Waals surface area (Å²) in [6.07, 6.45) is 3.16. The summed E-state index contributed by atoms with van der Waals surface area (Å²) in [7, 11) is 0. The van der Waals surface area contributed by atoms with Crippen molar-refractivity contribution in [3.63, 3.8) is 0 Å². The molecule has 0 aliphatic carbocycles. The fourth-order valence-corrected chi connectivity index (χ4v) is 1.77. The molecule has 0 aromatic heterocycles. The third-order valence-electron chi connectivity index (χ3n) is 2.73. The monoisotopic (exact) mass is 213 g/mol. The Kier molecular flexibility index (Phi) is 6.55. The number of hydrogen-bond acceptors (Lipinski definition) is 4. The van der Waals surface area contributed by atoms with Gasteiger partial charge in [0.05, 0.1) is 6.04 Å². The number of carbonyl (C=O) groups excluding carboxylic acids is 1. The Labute approximate surface area is 92.2 Å². The van der Waals surface area contributed by atoms with Crippen LogP contribution in [0, 0.1) is 0 Å². The molecule has 0 saturated carbocycles. The van der Waals surface area contributed by atoms with Gasteiger partial charge in [0, 0.05) is 0 Å². The first-order valence-electron chi connectivity index (χ1n) is 5.96. The minimum Gasteiger partial charge on any atom is -0.317 e. The molecule has 1 aliphatic heterocycles. The standard InChI is InChI=1S/C11H23N3O/c1-10(15)11-4-9-13-6-2-5-12-7-3-8-14-11/h11-14H,2-9H2,1H3. The lowest BCUT2D eigenvalue weighted by atomic mass is 10.1. The Morgan fingerprint density at radius 2 is 1.60 bits per heavy atom. The minimum atomic E-state index is 0.0388. The number of nitrogens with one attached hydrogen (secondary N) is 3.